The topological polar surface area (TPSA) is 104 Å². The van der Waals surface area contributed by atoms with Gasteiger partial charge in [0.25, 0.3) is 0 Å². The van der Waals surface area contributed by atoms with Crippen molar-refractivity contribution in [3.05, 3.63) is 47.8 Å². The second-order valence-corrected chi connectivity index (χ2v) is 6.70. The molecular formula is C18H18N6O2. The molecule has 1 aliphatic heterocycles. The van der Waals surface area contributed by atoms with Crippen molar-refractivity contribution in [1.29, 1.82) is 5.26 Å². The predicted octanol–water partition coefficient (Wildman–Crippen LogP) is 0.456. The number of carbonyl (C=O) groups is 2. The number of nitriles is 1. The van der Waals surface area contributed by atoms with Crippen LogP contribution in [0.1, 0.15) is 24.0 Å². The van der Waals surface area contributed by atoms with Crippen LogP contribution in [0.5, 0.6) is 0 Å². The van der Waals surface area contributed by atoms with Crippen molar-refractivity contribution in [2.45, 2.75) is 38.0 Å². The number of nitrogens with one attached hydrogen (secondary N) is 1. The number of rotatable bonds is 5. The molecule has 2 aliphatic rings. The van der Waals surface area contributed by atoms with Gasteiger partial charge in [0.2, 0.25) is 11.8 Å². The molecule has 0 bridgehead atoms. The quantitative estimate of drug-likeness (QED) is 0.843. The Balaban J connectivity index is 1.42. The zero-order valence-electron chi connectivity index (χ0n) is 14.1. The molecule has 1 saturated heterocycles. The minimum atomic E-state index is -0.455. The van der Waals surface area contributed by atoms with Crippen LogP contribution in [0.3, 0.4) is 0 Å². The van der Waals surface area contributed by atoms with Gasteiger partial charge < -0.3 is 10.2 Å². The number of benzene rings is 1. The van der Waals surface area contributed by atoms with Gasteiger partial charge in [-0.05, 0) is 30.4 Å². The number of piperidine rings is 1. The molecule has 8 nitrogen and oxygen atoms in total. The Morgan fingerprint density at radius 3 is 2.92 bits per heavy atom. The van der Waals surface area contributed by atoms with E-state index in [0.717, 1.165) is 12.0 Å². The van der Waals surface area contributed by atoms with Crippen LogP contribution < -0.4 is 5.32 Å². The van der Waals surface area contributed by atoms with E-state index in [1.54, 1.807) is 23.2 Å². The van der Waals surface area contributed by atoms with Crippen LogP contribution in [0.15, 0.2) is 36.7 Å². The summed E-state index contributed by atoms with van der Waals surface area (Å²) in [4.78, 5) is 27.0. The Labute approximate surface area is 150 Å². The van der Waals surface area contributed by atoms with Crippen LogP contribution >= 0.6 is 0 Å². The van der Waals surface area contributed by atoms with Crippen molar-refractivity contribution < 1.29 is 9.59 Å². The molecule has 132 valence electrons. The highest BCUT2D eigenvalue weighted by Crippen LogP contribution is 2.47. The Hall–Kier alpha value is -3.21. The molecule has 2 aromatic rings. The molecule has 0 unspecified atom stereocenters. The first-order valence-corrected chi connectivity index (χ1v) is 8.58. The van der Waals surface area contributed by atoms with Gasteiger partial charge in [-0.2, -0.15) is 5.26 Å². The van der Waals surface area contributed by atoms with Gasteiger partial charge in [-0.1, -0.05) is 23.4 Å². The number of aromatic nitrogens is 3. The molecule has 1 N–H and O–H groups in total. The Morgan fingerprint density at radius 2 is 2.15 bits per heavy atom. The van der Waals surface area contributed by atoms with Gasteiger partial charge in [-0.3, -0.25) is 9.59 Å². The number of nitrogens with zero attached hydrogens (tertiary/aromatic N) is 5. The largest absolute Gasteiger partial charge is 0.350 e. The van der Waals surface area contributed by atoms with Gasteiger partial charge in [-0.15, -0.1) is 5.10 Å². The minimum absolute atomic E-state index is 0.0876. The highest BCUT2D eigenvalue weighted by Gasteiger charge is 2.55. The Morgan fingerprint density at radius 1 is 1.31 bits per heavy atom. The third kappa shape index (κ3) is 3.04. The third-order valence-electron chi connectivity index (χ3n) is 5.06. The maximum atomic E-state index is 12.7. The van der Waals surface area contributed by atoms with E-state index in [-0.39, 0.29) is 30.9 Å². The van der Waals surface area contributed by atoms with Crippen LogP contribution in [-0.2, 0) is 22.7 Å². The predicted molar refractivity (Wildman–Crippen MR) is 90.2 cm³/mol. The number of fused-ring (bicyclic) bond motifs is 1. The van der Waals surface area contributed by atoms with Crippen molar-refractivity contribution in [3.8, 4) is 6.07 Å². The van der Waals surface area contributed by atoms with E-state index in [0.29, 0.717) is 17.9 Å². The second-order valence-electron chi connectivity index (χ2n) is 6.70. The zero-order valence-corrected chi connectivity index (χ0v) is 14.1. The summed E-state index contributed by atoms with van der Waals surface area (Å²) in [7, 11) is 0. The first-order valence-electron chi connectivity index (χ1n) is 8.58. The van der Waals surface area contributed by atoms with Crippen molar-refractivity contribution >= 4 is 11.8 Å². The number of hydrogen-bond acceptors (Lipinski definition) is 5. The fourth-order valence-electron chi connectivity index (χ4n) is 3.67. The molecule has 1 saturated carbocycles. The molecule has 3 atom stereocenters. The molecule has 8 heteroatoms. The van der Waals surface area contributed by atoms with E-state index in [2.05, 4.69) is 21.7 Å². The summed E-state index contributed by atoms with van der Waals surface area (Å²) in [6.45, 7) is 0.365. The summed E-state index contributed by atoms with van der Waals surface area (Å²) in [5, 5.41) is 19.5. The van der Waals surface area contributed by atoms with Gasteiger partial charge in [0.1, 0.15) is 12.6 Å². The summed E-state index contributed by atoms with van der Waals surface area (Å²) in [5.74, 6) is 0.131. The van der Waals surface area contributed by atoms with Crippen LogP contribution in [0.2, 0.25) is 0 Å². The van der Waals surface area contributed by atoms with E-state index < -0.39 is 6.04 Å². The molecule has 26 heavy (non-hydrogen) atoms. The molecule has 1 aromatic carbocycles. The lowest BCUT2D eigenvalue weighted by Crippen LogP contribution is -2.48. The molecule has 2 heterocycles. The van der Waals surface area contributed by atoms with Gasteiger partial charge >= 0.3 is 0 Å². The number of carbonyl (C=O) groups excluding carboxylic acids is 2. The van der Waals surface area contributed by atoms with Crippen LogP contribution in [-0.4, -0.2) is 43.8 Å². The van der Waals surface area contributed by atoms with Gasteiger partial charge in [0.15, 0.2) is 0 Å². The highest BCUT2D eigenvalue weighted by atomic mass is 16.2. The number of amides is 2. The molecule has 0 radical (unpaired) electrons. The molecule has 1 aromatic heterocycles. The van der Waals surface area contributed by atoms with Gasteiger partial charge in [-0.25, -0.2) is 4.68 Å². The number of hydrogen-bond donors (Lipinski definition) is 1. The third-order valence-corrected chi connectivity index (χ3v) is 5.06. The first-order chi connectivity index (χ1) is 12.7. The lowest BCUT2D eigenvalue weighted by Gasteiger charge is -2.26. The smallest absolute Gasteiger partial charge is 0.245 e. The molecular weight excluding hydrogens is 332 g/mol. The molecule has 0 spiro atoms. The van der Waals surface area contributed by atoms with Crippen molar-refractivity contribution in [2.75, 3.05) is 0 Å². The molecule has 1 aliphatic carbocycles. The van der Waals surface area contributed by atoms with E-state index >= 15 is 0 Å². The van der Waals surface area contributed by atoms with Crippen LogP contribution in [0.4, 0.5) is 0 Å². The van der Waals surface area contributed by atoms with E-state index in [1.165, 1.54) is 10.9 Å². The normalized spacial score (nSPS) is 23.2. The summed E-state index contributed by atoms with van der Waals surface area (Å²) < 4.78 is 1.47. The number of likely N-dealkylation sites (tertiary alicyclic amines) is 1. The lowest BCUT2D eigenvalue weighted by molar-refractivity contribution is -0.140. The fourth-order valence-corrected chi connectivity index (χ4v) is 3.67. The minimum Gasteiger partial charge on any atom is -0.350 e. The highest BCUT2D eigenvalue weighted by molar-refractivity contribution is 5.89. The summed E-state index contributed by atoms with van der Waals surface area (Å²) in [5.41, 5.74) is 1.31. The molecule has 4 rings (SSSR count). The van der Waals surface area contributed by atoms with Crippen LogP contribution in [0, 0.1) is 17.2 Å². The fraction of sp³-hybridized carbons (Fsp3) is 0.389. The average Bonchev–Trinajstić information content (AvgIpc) is 3.06. The molecule has 2 fully saturated rings. The van der Waals surface area contributed by atoms with E-state index in [1.807, 2.05) is 12.1 Å². The van der Waals surface area contributed by atoms with Gasteiger partial charge in [0.05, 0.1) is 17.8 Å². The Kier molecular flexibility index (Phi) is 4.13. The Bertz CT molecular complexity index is 872. The SMILES string of the molecule is N#Cc1ccccc1CNC(=O)[C@H]1C[C@H]2C[C@H]2N1C(=O)Cn1ccnn1. The summed E-state index contributed by atoms with van der Waals surface area (Å²) in [6, 6.07) is 8.99. The maximum absolute atomic E-state index is 12.7. The van der Waals surface area contributed by atoms with Crippen molar-refractivity contribution in [1.82, 2.24) is 25.2 Å². The standard InChI is InChI=1S/C18H18N6O2/c19-9-12-3-1-2-4-13(12)10-20-18(26)16-8-14-7-15(14)24(16)17(25)11-23-6-5-21-22-23/h1-6,14-16H,7-8,10-11H2,(H,20,26)/t14-,15-,16-/m1/s1. The van der Waals surface area contributed by atoms with E-state index in [9.17, 15) is 9.59 Å². The van der Waals surface area contributed by atoms with E-state index in [4.69, 9.17) is 5.26 Å². The monoisotopic (exact) mass is 350 g/mol. The average molecular weight is 350 g/mol. The maximum Gasteiger partial charge on any atom is 0.245 e. The molecule has 2 amide bonds. The first kappa shape index (κ1) is 16.3. The zero-order chi connectivity index (χ0) is 18.1. The van der Waals surface area contributed by atoms with Crippen molar-refractivity contribution in [3.63, 3.8) is 0 Å². The summed E-state index contributed by atoms with van der Waals surface area (Å²) in [6.07, 6.45) is 4.81. The van der Waals surface area contributed by atoms with Crippen LogP contribution in [0.25, 0.3) is 0 Å². The van der Waals surface area contributed by atoms with Gasteiger partial charge in [0, 0.05) is 18.8 Å². The van der Waals surface area contributed by atoms with Crippen molar-refractivity contribution in [2.24, 2.45) is 5.92 Å². The lowest BCUT2D eigenvalue weighted by atomic mass is 10.1. The second kappa shape index (κ2) is 6.59. The summed E-state index contributed by atoms with van der Waals surface area (Å²) >= 11 is 0.